The third kappa shape index (κ3) is 2.90. The number of amides is 1. The van der Waals surface area contributed by atoms with Gasteiger partial charge < -0.3 is 29.2 Å². The van der Waals surface area contributed by atoms with Gasteiger partial charge in [0.25, 0.3) is 0 Å². The van der Waals surface area contributed by atoms with Crippen molar-refractivity contribution in [2.24, 2.45) is 22.6 Å². The maximum absolute atomic E-state index is 12.3. The minimum absolute atomic E-state index is 0.129. The molecule has 3 rings (SSSR count). The van der Waals surface area contributed by atoms with Gasteiger partial charge >= 0.3 is 0 Å². The highest BCUT2D eigenvalue weighted by molar-refractivity contribution is 14.1. The lowest BCUT2D eigenvalue weighted by Crippen LogP contribution is -2.52. The van der Waals surface area contributed by atoms with Gasteiger partial charge in [0.2, 0.25) is 5.91 Å². The van der Waals surface area contributed by atoms with Crippen LogP contribution in [0.2, 0.25) is 0 Å². The number of aliphatic hydroxyl groups excluding tert-OH is 2. The average molecular weight is 451 g/mol. The normalized spacial score (nSPS) is 41.8. The van der Waals surface area contributed by atoms with Crippen LogP contribution in [0, 0.1) is 11.8 Å². The third-order valence-electron chi connectivity index (χ3n) is 5.08. The third-order valence-corrected chi connectivity index (χ3v) is 5.67. The molecule has 0 aromatic heterocycles. The lowest BCUT2D eigenvalue weighted by atomic mass is 9.96. The molecule has 134 valence electrons. The van der Waals surface area contributed by atoms with E-state index in [2.05, 4.69) is 15.6 Å². The highest BCUT2D eigenvalue weighted by Gasteiger charge is 2.48. The van der Waals surface area contributed by atoms with E-state index in [0.717, 1.165) is 5.57 Å². The van der Waals surface area contributed by atoms with E-state index in [4.69, 9.17) is 8.80 Å². The Kier molecular flexibility index (Phi) is 5.02. The zero-order chi connectivity index (χ0) is 17.6. The molecular formula is C14H22IN5O4. The number of aliphatic imine (C=N–C) groups is 1. The summed E-state index contributed by atoms with van der Waals surface area (Å²) in [5.74, 6) is -0.625. The molecule has 7 unspecified atom stereocenters. The molecule has 24 heavy (non-hydrogen) atoms. The SMILES string of the molecule is CC1C(O)C(O)C(OI)C1NCC1=CN(C)C2N=C(N)NC(=O)C12. The second kappa shape index (κ2) is 6.75. The predicted octanol–water partition coefficient (Wildman–Crippen LogP) is -1.73. The van der Waals surface area contributed by atoms with Gasteiger partial charge in [0, 0.05) is 31.8 Å². The first kappa shape index (κ1) is 17.9. The monoisotopic (exact) mass is 451 g/mol. The first-order chi connectivity index (χ1) is 11.3. The highest BCUT2D eigenvalue weighted by atomic mass is 127. The second-order valence-corrected chi connectivity index (χ2v) is 7.07. The lowest BCUT2D eigenvalue weighted by Gasteiger charge is -2.28. The summed E-state index contributed by atoms with van der Waals surface area (Å²) in [5.41, 5.74) is 6.51. The van der Waals surface area contributed by atoms with Crippen molar-refractivity contribution in [3.05, 3.63) is 11.8 Å². The zero-order valence-corrected chi connectivity index (χ0v) is 15.5. The molecule has 1 aliphatic carbocycles. The van der Waals surface area contributed by atoms with Crippen LogP contribution in [0.15, 0.2) is 16.8 Å². The van der Waals surface area contributed by atoms with Crippen molar-refractivity contribution in [2.75, 3.05) is 13.6 Å². The van der Waals surface area contributed by atoms with Gasteiger partial charge in [-0.25, -0.2) is 4.99 Å². The molecule has 1 saturated carbocycles. The van der Waals surface area contributed by atoms with E-state index in [1.54, 1.807) is 23.0 Å². The van der Waals surface area contributed by atoms with Gasteiger partial charge in [-0.2, -0.15) is 0 Å². The first-order valence-corrected chi connectivity index (χ1v) is 8.66. The molecule has 0 radical (unpaired) electrons. The zero-order valence-electron chi connectivity index (χ0n) is 13.4. The Hall–Kier alpha value is -0.950. The van der Waals surface area contributed by atoms with Crippen LogP contribution >= 0.6 is 23.0 Å². The number of rotatable bonds is 4. The molecule has 0 saturated heterocycles. The topological polar surface area (TPSA) is 132 Å². The molecule has 1 fully saturated rings. The number of hydrogen-bond acceptors (Lipinski definition) is 8. The molecule has 0 aromatic carbocycles. The number of guanidine groups is 1. The molecule has 0 bridgehead atoms. The molecule has 2 aliphatic heterocycles. The number of nitrogens with zero attached hydrogens (tertiary/aromatic N) is 2. The van der Waals surface area contributed by atoms with Crippen LogP contribution in [0.1, 0.15) is 6.92 Å². The standard InChI is InChI=1S/C14H22IN5O4/c1-5-8(11(24-15)10(22)9(5)21)17-3-6-4-20(2)12-7(6)13(23)19-14(16)18-12/h4-5,7-12,17,21-22H,3H2,1-2H3,(H3,16,18,19,23). The largest absolute Gasteiger partial charge is 0.390 e. The van der Waals surface area contributed by atoms with Crippen LogP contribution in [0.5, 0.6) is 0 Å². The molecule has 7 atom stereocenters. The van der Waals surface area contributed by atoms with Crippen molar-refractivity contribution >= 4 is 34.9 Å². The maximum atomic E-state index is 12.3. The lowest BCUT2D eigenvalue weighted by molar-refractivity contribution is -0.124. The van der Waals surface area contributed by atoms with Gasteiger partial charge in [0.1, 0.15) is 47.3 Å². The van der Waals surface area contributed by atoms with Crippen molar-refractivity contribution < 1.29 is 18.1 Å². The maximum Gasteiger partial charge on any atom is 0.238 e. The van der Waals surface area contributed by atoms with E-state index in [9.17, 15) is 15.0 Å². The van der Waals surface area contributed by atoms with Crippen LogP contribution < -0.4 is 16.4 Å². The highest BCUT2D eigenvalue weighted by Crippen LogP contribution is 2.33. The fourth-order valence-corrected chi connectivity index (χ4v) is 4.34. The van der Waals surface area contributed by atoms with Crippen molar-refractivity contribution in [3.63, 3.8) is 0 Å². The summed E-state index contributed by atoms with van der Waals surface area (Å²) in [6.45, 7) is 2.29. The van der Waals surface area contributed by atoms with E-state index >= 15 is 0 Å². The van der Waals surface area contributed by atoms with E-state index < -0.39 is 24.2 Å². The smallest absolute Gasteiger partial charge is 0.238 e. The quantitative estimate of drug-likeness (QED) is 0.321. The number of hydrogen-bond donors (Lipinski definition) is 5. The Labute approximate surface area is 154 Å². The summed E-state index contributed by atoms with van der Waals surface area (Å²) in [7, 11) is 1.85. The summed E-state index contributed by atoms with van der Waals surface area (Å²) < 4.78 is 5.30. The Morgan fingerprint density at radius 1 is 1.50 bits per heavy atom. The van der Waals surface area contributed by atoms with Crippen LogP contribution in [-0.2, 0) is 7.86 Å². The fourth-order valence-electron chi connectivity index (χ4n) is 3.72. The van der Waals surface area contributed by atoms with Gasteiger partial charge in [-0.1, -0.05) is 6.92 Å². The van der Waals surface area contributed by atoms with E-state index in [0.29, 0.717) is 6.54 Å². The summed E-state index contributed by atoms with van der Waals surface area (Å²) in [5, 5.41) is 26.0. The van der Waals surface area contributed by atoms with Crippen molar-refractivity contribution in [2.45, 2.75) is 37.4 Å². The molecule has 10 heteroatoms. The van der Waals surface area contributed by atoms with Gasteiger partial charge in [0.15, 0.2) is 5.96 Å². The Morgan fingerprint density at radius 2 is 2.21 bits per heavy atom. The average Bonchev–Trinajstić information content (AvgIpc) is 2.95. The van der Waals surface area contributed by atoms with Crippen LogP contribution in [-0.4, -0.2) is 71.1 Å². The molecular weight excluding hydrogens is 429 g/mol. The number of fused-ring (bicyclic) bond motifs is 1. The van der Waals surface area contributed by atoms with E-state index in [-0.39, 0.29) is 30.0 Å². The van der Waals surface area contributed by atoms with Gasteiger partial charge in [-0.15, -0.1) is 0 Å². The molecule has 3 aliphatic rings. The van der Waals surface area contributed by atoms with Crippen LogP contribution in [0.4, 0.5) is 0 Å². The number of nitrogens with one attached hydrogen (secondary N) is 2. The van der Waals surface area contributed by atoms with Gasteiger partial charge in [-0.05, 0) is 5.57 Å². The number of nitrogens with two attached hydrogens (primary N) is 1. The molecule has 1 amide bonds. The predicted molar refractivity (Wildman–Crippen MR) is 94.8 cm³/mol. The summed E-state index contributed by atoms with van der Waals surface area (Å²) in [6.07, 6.45) is -0.747. The van der Waals surface area contributed by atoms with Crippen LogP contribution in [0.3, 0.4) is 0 Å². The Bertz CT molecular complexity index is 586. The van der Waals surface area contributed by atoms with E-state index in [1.165, 1.54) is 0 Å². The number of aliphatic hydroxyl groups is 2. The van der Waals surface area contributed by atoms with Gasteiger partial charge in [-0.3, -0.25) is 10.1 Å². The molecule has 6 N–H and O–H groups in total. The second-order valence-electron chi connectivity index (χ2n) is 6.57. The van der Waals surface area contributed by atoms with Crippen LogP contribution in [0.25, 0.3) is 0 Å². The van der Waals surface area contributed by atoms with Crippen molar-refractivity contribution in [1.29, 1.82) is 0 Å². The minimum Gasteiger partial charge on any atom is -0.390 e. The summed E-state index contributed by atoms with van der Waals surface area (Å²) in [4.78, 5) is 18.4. The molecule has 2 heterocycles. The summed E-state index contributed by atoms with van der Waals surface area (Å²) in [6, 6.07) is -0.225. The molecule has 0 spiro atoms. The minimum atomic E-state index is -0.940. The van der Waals surface area contributed by atoms with Crippen molar-refractivity contribution in [3.8, 4) is 0 Å². The van der Waals surface area contributed by atoms with E-state index in [1.807, 2.05) is 25.1 Å². The fraction of sp³-hybridized carbons (Fsp3) is 0.714. The summed E-state index contributed by atoms with van der Waals surface area (Å²) >= 11 is 1.74. The van der Waals surface area contributed by atoms with Gasteiger partial charge in [0.05, 0.1) is 6.10 Å². The number of carbonyl (C=O) groups is 1. The number of carbonyl (C=O) groups excluding carboxylic acids is 1. The van der Waals surface area contributed by atoms with Crippen molar-refractivity contribution in [1.82, 2.24) is 15.5 Å². The Balaban J connectivity index is 1.71. The Morgan fingerprint density at radius 3 is 2.88 bits per heavy atom. The number of halogens is 1. The molecule has 9 nitrogen and oxygen atoms in total. The first-order valence-electron chi connectivity index (χ1n) is 7.78. The molecule has 0 aromatic rings.